The van der Waals surface area contributed by atoms with Crippen LogP contribution in [-0.2, 0) is 5.75 Å². The summed E-state index contributed by atoms with van der Waals surface area (Å²) in [6.07, 6.45) is 0. The van der Waals surface area contributed by atoms with Crippen LogP contribution in [0, 0.1) is 0 Å². The Balaban J connectivity index is 2.77. The van der Waals surface area contributed by atoms with E-state index in [-0.39, 0.29) is 10.8 Å². The van der Waals surface area contributed by atoms with E-state index in [0.29, 0.717) is 0 Å². The second-order valence-electron chi connectivity index (χ2n) is 2.75. The SMILES string of the molecule is C[C@H]1SCc2[nH]c(=O)[nH]c(=O)c21. The van der Waals surface area contributed by atoms with Gasteiger partial charge >= 0.3 is 5.69 Å². The van der Waals surface area contributed by atoms with Gasteiger partial charge in [0.05, 0.1) is 5.56 Å². The number of aromatic nitrogens is 2. The number of nitrogens with one attached hydrogen (secondary N) is 2. The van der Waals surface area contributed by atoms with Crippen molar-refractivity contribution in [3.8, 4) is 0 Å². The van der Waals surface area contributed by atoms with E-state index in [0.717, 1.165) is 17.0 Å². The Hall–Kier alpha value is -0.970. The van der Waals surface area contributed by atoms with Crippen LogP contribution in [-0.4, -0.2) is 9.97 Å². The highest BCUT2D eigenvalue weighted by Gasteiger charge is 2.23. The van der Waals surface area contributed by atoms with Crippen LogP contribution >= 0.6 is 11.8 Å². The fraction of sp³-hybridized carbons (Fsp3) is 0.429. The number of hydrogen-bond donors (Lipinski definition) is 2. The summed E-state index contributed by atoms with van der Waals surface area (Å²) in [6.45, 7) is 1.96. The third-order valence-electron chi connectivity index (χ3n) is 1.95. The molecule has 0 radical (unpaired) electrons. The van der Waals surface area contributed by atoms with Gasteiger partial charge in [-0.25, -0.2) is 4.79 Å². The molecule has 0 spiro atoms. The van der Waals surface area contributed by atoms with Gasteiger partial charge in [0, 0.05) is 16.7 Å². The van der Waals surface area contributed by atoms with Crippen LogP contribution in [0.25, 0.3) is 0 Å². The number of rotatable bonds is 0. The van der Waals surface area contributed by atoms with E-state index in [1.54, 1.807) is 11.8 Å². The number of aromatic amines is 2. The van der Waals surface area contributed by atoms with Crippen LogP contribution in [0.2, 0.25) is 0 Å². The standard InChI is InChI=1S/C7H8N2O2S/c1-3-5-4(2-12-3)8-7(11)9-6(5)10/h3H,2H2,1H3,(H2,8,9,10,11)/t3-/m1/s1. The Morgan fingerprint density at radius 3 is 2.92 bits per heavy atom. The van der Waals surface area contributed by atoms with Gasteiger partial charge < -0.3 is 4.98 Å². The predicted octanol–water partition coefficient (Wildman–Crippen LogP) is 0.371. The molecule has 1 aliphatic heterocycles. The molecule has 1 aliphatic rings. The molecule has 0 aliphatic carbocycles. The topological polar surface area (TPSA) is 65.7 Å². The highest BCUT2D eigenvalue weighted by Crippen LogP contribution is 2.36. The van der Waals surface area contributed by atoms with Crippen molar-refractivity contribution in [3.05, 3.63) is 32.1 Å². The van der Waals surface area contributed by atoms with Crippen molar-refractivity contribution in [1.29, 1.82) is 0 Å². The third kappa shape index (κ3) is 1.01. The van der Waals surface area contributed by atoms with Gasteiger partial charge in [0.25, 0.3) is 5.56 Å². The van der Waals surface area contributed by atoms with E-state index in [4.69, 9.17) is 0 Å². The first kappa shape index (κ1) is 7.67. The van der Waals surface area contributed by atoms with Gasteiger partial charge in [-0.15, -0.1) is 11.8 Å². The Morgan fingerprint density at radius 2 is 2.17 bits per heavy atom. The van der Waals surface area contributed by atoms with Crippen molar-refractivity contribution in [1.82, 2.24) is 9.97 Å². The van der Waals surface area contributed by atoms with Crippen LogP contribution in [0.15, 0.2) is 9.59 Å². The first-order valence-corrected chi connectivity index (χ1v) is 4.70. The molecule has 2 N–H and O–H groups in total. The van der Waals surface area contributed by atoms with E-state index in [1.807, 2.05) is 6.92 Å². The number of fused-ring (bicyclic) bond motifs is 1. The first-order valence-electron chi connectivity index (χ1n) is 3.65. The smallest absolute Gasteiger partial charge is 0.310 e. The predicted molar refractivity (Wildman–Crippen MR) is 47.4 cm³/mol. The fourth-order valence-corrected chi connectivity index (χ4v) is 2.44. The molecule has 2 rings (SSSR count). The van der Waals surface area contributed by atoms with Crippen molar-refractivity contribution in [2.45, 2.75) is 17.9 Å². The van der Waals surface area contributed by atoms with Crippen LogP contribution < -0.4 is 11.2 Å². The molecule has 1 atom stereocenters. The van der Waals surface area contributed by atoms with E-state index in [9.17, 15) is 9.59 Å². The molecule has 0 unspecified atom stereocenters. The first-order chi connectivity index (χ1) is 5.68. The lowest BCUT2D eigenvalue weighted by Crippen LogP contribution is -2.26. The molecule has 0 fully saturated rings. The lowest BCUT2D eigenvalue weighted by atomic mass is 10.2. The Kier molecular flexibility index (Phi) is 1.61. The van der Waals surface area contributed by atoms with Crippen molar-refractivity contribution < 1.29 is 0 Å². The number of thioether (sulfide) groups is 1. The van der Waals surface area contributed by atoms with Crippen molar-refractivity contribution >= 4 is 11.8 Å². The lowest BCUT2D eigenvalue weighted by molar-refractivity contribution is 0.930. The molecule has 1 aromatic rings. The number of H-pyrrole nitrogens is 2. The Bertz CT molecular complexity index is 420. The molecule has 64 valence electrons. The molecular formula is C7H8N2O2S. The summed E-state index contributed by atoms with van der Waals surface area (Å²) < 4.78 is 0. The fourth-order valence-electron chi connectivity index (χ4n) is 1.38. The van der Waals surface area contributed by atoms with Crippen LogP contribution in [0.1, 0.15) is 23.4 Å². The van der Waals surface area contributed by atoms with Gasteiger partial charge in [0.15, 0.2) is 0 Å². The number of hydrogen-bond acceptors (Lipinski definition) is 3. The molecule has 0 amide bonds. The highest BCUT2D eigenvalue weighted by atomic mass is 32.2. The van der Waals surface area contributed by atoms with Crippen molar-refractivity contribution in [2.75, 3.05) is 0 Å². The average molecular weight is 184 g/mol. The lowest BCUT2D eigenvalue weighted by Gasteiger charge is -1.98. The molecule has 0 saturated heterocycles. The minimum absolute atomic E-state index is 0.195. The molecule has 4 nitrogen and oxygen atoms in total. The van der Waals surface area contributed by atoms with Crippen LogP contribution in [0.4, 0.5) is 0 Å². The van der Waals surface area contributed by atoms with E-state index >= 15 is 0 Å². The minimum atomic E-state index is -0.409. The summed E-state index contributed by atoms with van der Waals surface area (Å²) in [4.78, 5) is 26.9. The Morgan fingerprint density at radius 1 is 1.42 bits per heavy atom. The average Bonchev–Trinajstić information content (AvgIpc) is 2.31. The molecule has 0 saturated carbocycles. The van der Waals surface area contributed by atoms with Gasteiger partial charge in [0.1, 0.15) is 0 Å². The summed E-state index contributed by atoms with van der Waals surface area (Å²) in [6, 6.07) is 0. The van der Waals surface area contributed by atoms with E-state index in [2.05, 4.69) is 9.97 Å². The maximum atomic E-state index is 11.3. The zero-order chi connectivity index (χ0) is 8.72. The normalized spacial score (nSPS) is 20.9. The summed E-state index contributed by atoms with van der Waals surface area (Å²) >= 11 is 1.66. The monoisotopic (exact) mass is 184 g/mol. The zero-order valence-corrected chi connectivity index (χ0v) is 7.33. The van der Waals surface area contributed by atoms with Gasteiger partial charge in [-0.1, -0.05) is 0 Å². The van der Waals surface area contributed by atoms with Crippen molar-refractivity contribution in [3.63, 3.8) is 0 Å². The highest BCUT2D eigenvalue weighted by molar-refractivity contribution is 7.99. The van der Waals surface area contributed by atoms with E-state index in [1.165, 1.54) is 0 Å². The minimum Gasteiger partial charge on any atom is -0.310 e. The molecule has 12 heavy (non-hydrogen) atoms. The Labute approximate surface area is 72.4 Å². The van der Waals surface area contributed by atoms with Gasteiger partial charge in [-0.05, 0) is 6.92 Å². The second kappa shape index (κ2) is 2.52. The summed E-state index contributed by atoms with van der Waals surface area (Å²) in [5.74, 6) is 0.732. The van der Waals surface area contributed by atoms with Gasteiger partial charge in [0.2, 0.25) is 0 Å². The molecule has 1 aromatic heterocycles. The zero-order valence-electron chi connectivity index (χ0n) is 6.51. The van der Waals surface area contributed by atoms with Crippen LogP contribution in [0.5, 0.6) is 0 Å². The van der Waals surface area contributed by atoms with Gasteiger partial charge in [-0.2, -0.15) is 0 Å². The van der Waals surface area contributed by atoms with Crippen molar-refractivity contribution in [2.24, 2.45) is 0 Å². The molecule has 0 bridgehead atoms. The second-order valence-corrected chi connectivity index (χ2v) is 4.08. The van der Waals surface area contributed by atoms with Gasteiger partial charge in [-0.3, -0.25) is 9.78 Å². The van der Waals surface area contributed by atoms with E-state index < -0.39 is 5.69 Å². The summed E-state index contributed by atoms with van der Waals surface area (Å²) in [7, 11) is 0. The largest absolute Gasteiger partial charge is 0.325 e. The maximum absolute atomic E-state index is 11.3. The summed E-state index contributed by atoms with van der Waals surface area (Å²) in [5.41, 5.74) is 0.848. The quantitative estimate of drug-likeness (QED) is 0.612. The molecule has 0 aromatic carbocycles. The van der Waals surface area contributed by atoms with Crippen LogP contribution in [0.3, 0.4) is 0 Å². The molecule has 5 heteroatoms. The summed E-state index contributed by atoms with van der Waals surface area (Å²) in [5, 5.41) is 0.195. The molecule has 2 heterocycles. The molecular weight excluding hydrogens is 176 g/mol. The third-order valence-corrected chi connectivity index (χ3v) is 3.14. The maximum Gasteiger partial charge on any atom is 0.325 e.